The van der Waals surface area contributed by atoms with Crippen molar-refractivity contribution in [2.75, 3.05) is 12.8 Å². The first-order chi connectivity index (χ1) is 11.4. The maximum atomic E-state index is 12.6. The van der Waals surface area contributed by atoms with Gasteiger partial charge in [0.1, 0.15) is 10.6 Å². The first-order valence-electron chi connectivity index (χ1n) is 7.55. The molecule has 6 nitrogen and oxygen atoms in total. The van der Waals surface area contributed by atoms with E-state index >= 15 is 0 Å². The van der Waals surface area contributed by atoms with Crippen LogP contribution in [0.5, 0.6) is 0 Å². The zero-order valence-corrected chi connectivity index (χ0v) is 15.1. The molecule has 1 aliphatic rings. The van der Waals surface area contributed by atoms with Crippen LogP contribution in [0.4, 0.5) is 0 Å². The van der Waals surface area contributed by atoms with Crippen molar-refractivity contribution in [3.05, 3.63) is 47.8 Å². The van der Waals surface area contributed by atoms with Crippen LogP contribution < -0.4 is 10.0 Å². The van der Waals surface area contributed by atoms with Crippen LogP contribution in [0.25, 0.3) is 0 Å². The lowest BCUT2D eigenvalue weighted by atomic mass is 10.0. The quantitative estimate of drug-likeness (QED) is 0.867. The molecule has 0 aliphatic carbocycles. The number of hydrogen-bond acceptors (Lipinski definition) is 4. The van der Waals surface area contributed by atoms with Crippen molar-refractivity contribution in [3.8, 4) is 0 Å². The molecule has 2 heterocycles. The fourth-order valence-electron chi connectivity index (χ4n) is 2.75. The second-order valence-electron chi connectivity index (χ2n) is 5.58. The molecule has 0 fully saturated rings. The summed E-state index contributed by atoms with van der Waals surface area (Å²) < 4.78 is 27.6. The Labute approximate surface area is 145 Å². The third-order valence-corrected chi connectivity index (χ3v) is 6.56. The molecule has 24 heavy (non-hydrogen) atoms. The first kappa shape index (κ1) is 17.1. The van der Waals surface area contributed by atoms with Crippen LogP contribution in [0.3, 0.4) is 0 Å². The Morgan fingerprint density at radius 3 is 2.83 bits per heavy atom. The molecule has 0 unspecified atom stereocenters. The molecule has 3 rings (SSSR count). The Bertz CT molecular complexity index is 874. The Balaban J connectivity index is 1.84. The topological polar surface area (TPSA) is 80.2 Å². The summed E-state index contributed by atoms with van der Waals surface area (Å²) >= 11 is 1.78. The summed E-state index contributed by atoms with van der Waals surface area (Å²) in [6, 6.07) is 9.36. The number of hydrogen-bond donors (Lipinski definition) is 2. The zero-order chi connectivity index (χ0) is 17.3. The van der Waals surface area contributed by atoms with Crippen molar-refractivity contribution in [1.29, 1.82) is 0 Å². The molecular formula is C16H19N3O3S2. The van der Waals surface area contributed by atoms with Crippen LogP contribution in [0.1, 0.15) is 28.5 Å². The monoisotopic (exact) mass is 365 g/mol. The van der Waals surface area contributed by atoms with Crippen LogP contribution in [0.2, 0.25) is 0 Å². The van der Waals surface area contributed by atoms with Crippen molar-refractivity contribution >= 4 is 27.7 Å². The fraction of sp³-hybridized carbons (Fsp3) is 0.312. The second-order valence-corrected chi connectivity index (χ2v) is 8.60. The molecule has 8 heteroatoms. The summed E-state index contributed by atoms with van der Waals surface area (Å²) in [7, 11) is -0.562. The van der Waals surface area contributed by atoms with Gasteiger partial charge in [0.15, 0.2) is 0 Å². The molecule has 2 aromatic rings. The van der Waals surface area contributed by atoms with E-state index < -0.39 is 10.0 Å². The van der Waals surface area contributed by atoms with E-state index in [1.807, 2.05) is 18.2 Å². The standard InChI is InChI=1S/C16H19N3O3S2/c1-17-24(21,22)11-9-14(19(2)10-11)16(20)18-13-7-8-23-15-6-4-3-5-12(13)15/h3-6,9-10,13,17H,7-8H2,1-2H3,(H,18,20)/t13-/m1/s1. The van der Waals surface area contributed by atoms with Crippen molar-refractivity contribution in [3.63, 3.8) is 0 Å². The molecule has 0 bridgehead atoms. The summed E-state index contributed by atoms with van der Waals surface area (Å²) in [6.07, 6.45) is 2.28. The van der Waals surface area contributed by atoms with Gasteiger partial charge in [0.05, 0.1) is 6.04 Å². The molecule has 1 aliphatic heterocycles. The number of nitrogens with zero attached hydrogens (tertiary/aromatic N) is 1. The van der Waals surface area contributed by atoms with E-state index in [0.717, 1.165) is 17.7 Å². The van der Waals surface area contributed by atoms with E-state index in [2.05, 4.69) is 16.1 Å². The van der Waals surface area contributed by atoms with Gasteiger partial charge in [-0.15, -0.1) is 11.8 Å². The third kappa shape index (κ3) is 3.22. The lowest BCUT2D eigenvalue weighted by Crippen LogP contribution is -2.31. The normalized spacial score (nSPS) is 17.3. The van der Waals surface area contributed by atoms with E-state index in [0.29, 0.717) is 5.69 Å². The van der Waals surface area contributed by atoms with Gasteiger partial charge in [0, 0.05) is 23.9 Å². The number of rotatable bonds is 4. The minimum atomic E-state index is -3.57. The molecule has 0 saturated carbocycles. The maximum absolute atomic E-state index is 12.6. The first-order valence-corrected chi connectivity index (χ1v) is 10.0. The van der Waals surface area contributed by atoms with Crippen molar-refractivity contribution in [1.82, 2.24) is 14.6 Å². The fourth-order valence-corrected chi connectivity index (χ4v) is 4.67. The highest BCUT2D eigenvalue weighted by Crippen LogP contribution is 2.35. The summed E-state index contributed by atoms with van der Waals surface area (Å²) in [4.78, 5) is 13.9. The lowest BCUT2D eigenvalue weighted by molar-refractivity contribution is 0.0926. The number of aromatic nitrogens is 1. The molecule has 2 N–H and O–H groups in total. The number of benzene rings is 1. The van der Waals surface area contributed by atoms with Crippen LogP contribution in [-0.2, 0) is 17.1 Å². The smallest absolute Gasteiger partial charge is 0.268 e. The molecule has 1 amide bonds. The van der Waals surface area contributed by atoms with E-state index in [1.165, 1.54) is 28.8 Å². The molecule has 1 aromatic heterocycles. The Morgan fingerprint density at radius 1 is 1.33 bits per heavy atom. The van der Waals surface area contributed by atoms with E-state index in [1.54, 1.807) is 18.8 Å². The second kappa shape index (κ2) is 6.62. The number of carbonyl (C=O) groups excluding carboxylic acids is 1. The van der Waals surface area contributed by atoms with Crippen LogP contribution in [-0.4, -0.2) is 31.7 Å². The van der Waals surface area contributed by atoms with Crippen molar-refractivity contribution in [2.45, 2.75) is 22.3 Å². The minimum absolute atomic E-state index is 0.0609. The molecule has 0 saturated heterocycles. The summed E-state index contributed by atoms with van der Waals surface area (Å²) in [6.45, 7) is 0. The van der Waals surface area contributed by atoms with Gasteiger partial charge in [-0.2, -0.15) is 0 Å². The zero-order valence-electron chi connectivity index (χ0n) is 13.4. The number of carbonyl (C=O) groups is 1. The van der Waals surface area contributed by atoms with Gasteiger partial charge in [0.25, 0.3) is 5.91 Å². The van der Waals surface area contributed by atoms with Gasteiger partial charge in [0.2, 0.25) is 10.0 Å². The highest BCUT2D eigenvalue weighted by atomic mass is 32.2. The van der Waals surface area contributed by atoms with E-state index in [-0.39, 0.29) is 16.8 Å². The average Bonchev–Trinajstić information content (AvgIpc) is 2.98. The van der Waals surface area contributed by atoms with Crippen molar-refractivity contribution in [2.24, 2.45) is 7.05 Å². The predicted octanol–water partition coefficient (Wildman–Crippen LogP) is 1.90. The third-order valence-electron chi connectivity index (χ3n) is 4.06. The predicted molar refractivity (Wildman–Crippen MR) is 93.6 cm³/mol. The highest BCUT2D eigenvalue weighted by molar-refractivity contribution is 7.99. The van der Waals surface area contributed by atoms with Gasteiger partial charge in [-0.25, -0.2) is 13.1 Å². The molecular weight excluding hydrogens is 346 g/mol. The molecule has 0 spiro atoms. The van der Waals surface area contributed by atoms with Crippen LogP contribution >= 0.6 is 11.8 Å². The molecule has 1 atom stereocenters. The van der Waals surface area contributed by atoms with Gasteiger partial charge < -0.3 is 9.88 Å². The number of nitrogens with one attached hydrogen (secondary N) is 2. The Hall–Kier alpha value is -1.77. The number of fused-ring (bicyclic) bond motifs is 1. The van der Waals surface area contributed by atoms with Gasteiger partial charge in [-0.05, 0) is 31.2 Å². The lowest BCUT2D eigenvalue weighted by Gasteiger charge is -2.25. The van der Waals surface area contributed by atoms with Gasteiger partial charge in [-0.1, -0.05) is 18.2 Å². The largest absolute Gasteiger partial charge is 0.345 e. The molecule has 128 valence electrons. The summed E-state index contributed by atoms with van der Waals surface area (Å²) in [5, 5.41) is 3.03. The number of aryl methyl sites for hydroxylation is 1. The number of amides is 1. The Kier molecular flexibility index (Phi) is 4.71. The van der Waals surface area contributed by atoms with Gasteiger partial charge >= 0.3 is 0 Å². The summed E-state index contributed by atoms with van der Waals surface area (Å²) in [5.41, 5.74) is 1.43. The van der Waals surface area contributed by atoms with Crippen molar-refractivity contribution < 1.29 is 13.2 Å². The average molecular weight is 365 g/mol. The number of thioether (sulfide) groups is 1. The van der Waals surface area contributed by atoms with Crippen LogP contribution in [0.15, 0.2) is 46.3 Å². The molecule has 1 aromatic carbocycles. The molecule has 0 radical (unpaired) electrons. The maximum Gasteiger partial charge on any atom is 0.268 e. The van der Waals surface area contributed by atoms with Gasteiger partial charge in [-0.3, -0.25) is 4.79 Å². The SMILES string of the molecule is CNS(=O)(=O)c1cc(C(=O)N[C@@H]2CCSc3ccccc32)n(C)c1. The Morgan fingerprint density at radius 2 is 2.08 bits per heavy atom. The van der Waals surface area contributed by atoms with E-state index in [4.69, 9.17) is 0 Å². The van der Waals surface area contributed by atoms with Crippen LogP contribution in [0, 0.1) is 0 Å². The number of sulfonamides is 1. The van der Waals surface area contributed by atoms with E-state index in [9.17, 15) is 13.2 Å². The summed E-state index contributed by atoms with van der Waals surface area (Å²) in [5.74, 6) is 0.663. The minimum Gasteiger partial charge on any atom is -0.345 e. The highest BCUT2D eigenvalue weighted by Gasteiger charge is 2.25.